The fourth-order valence-electron chi connectivity index (χ4n) is 2.17. The fourth-order valence-corrected chi connectivity index (χ4v) is 3.54. The molecule has 0 spiro atoms. The van der Waals surface area contributed by atoms with E-state index in [0.717, 1.165) is 0 Å². The highest BCUT2D eigenvalue weighted by Crippen LogP contribution is 2.44. The molecule has 2 N–H and O–H groups in total. The van der Waals surface area contributed by atoms with Gasteiger partial charge in [0.05, 0.1) is 11.9 Å². The Hall–Kier alpha value is -1.38. The fraction of sp³-hybridized carbons (Fsp3) is 0.846. The molecule has 0 heterocycles. The largest absolute Gasteiger partial charge is 0.444 e. The molecule has 0 aliphatic heterocycles. The highest BCUT2D eigenvalue weighted by molar-refractivity contribution is 7.90. The van der Waals surface area contributed by atoms with Crippen molar-refractivity contribution in [1.82, 2.24) is 10.0 Å². The lowest BCUT2D eigenvalue weighted by atomic mass is 10.2. The van der Waals surface area contributed by atoms with Gasteiger partial charge in [0.1, 0.15) is 11.1 Å². The number of hydrogen-bond acceptors (Lipinski definition) is 5. The molecule has 2 saturated carbocycles. The molecule has 2 amide bonds. The lowest BCUT2D eigenvalue weighted by Gasteiger charge is -2.23. The van der Waals surface area contributed by atoms with Crippen molar-refractivity contribution in [3.8, 4) is 0 Å². The van der Waals surface area contributed by atoms with Crippen LogP contribution in [-0.2, 0) is 19.6 Å². The molecule has 0 aromatic rings. The summed E-state index contributed by atoms with van der Waals surface area (Å²) in [5.41, 5.74) is -2.32. The maximum absolute atomic E-state index is 12.9. The molecule has 2 aliphatic rings. The smallest absolute Gasteiger partial charge is 0.408 e. The van der Waals surface area contributed by atoms with Crippen LogP contribution >= 0.6 is 0 Å². The van der Waals surface area contributed by atoms with E-state index in [2.05, 4.69) is 5.32 Å². The molecule has 2 fully saturated rings. The zero-order valence-corrected chi connectivity index (χ0v) is 13.6. The maximum atomic E-state index is 12.9. The Morgan fingerprint density at radius 3 is 2.32 bits per heavy atom. The minimum Gasteiger partial charge on any atom is -0.444 e. The summed E-state index contributed by atoms with van der Waals surface area (Å²) >= 11 is 0. The third kappa shape index (κ3) is 3.68. The highest BCUT2D eigenvalue weighted by Gasteiger charge is 2.62. The van der Waals surface area contributed by atoms with Gasteiger partial charge in [-0.2, -0.15) is 0 Å². The predicted octanol–water partition coefficient (Wildman–Crippen LogP) is 0.848. The molecule has 2 aliphatic carbocycles. The number of carbonyl (C=O) groups is 2. The molecule has 0 bridgehead atoms. The quantitative estimate of drug-likeness (QED) is 0.775. The van der Waals surface area contributed by atoms with Gasteiger partial charge in [0.2, 0.25) is 10.0 Å². The second kappa shape index (κ2) is 5.36. The van der Waals surface area contributed by atoms with E-state index in [1.165, 1.54) is 0 Å². The molecule has 0 saturated heterocycles. The molecule has 0 aromatic carbocycles. The van der Waals surface area contributed by atoms with Gasteiger partial charge in [0.15, 0.2) is 0 Å². The molecule has 0 radical (unpaired) electrons. The molecule has 9 heteroatoms. The third-order valence-electron chi connectivity index (χ3n) is 3.62. The minimum absolute atomic E-state index is 0.0504. The van der Waals surface area contributed by atoms with Crippen LogP contribution in [0.15, 0.2) is 0 Å². The van der Waals surface area contributed by atoms with Crippen molar-refractivity contribution in [2.75, 3.05) is 6.67 Å². The van der Waals surface area contributed by atoms with Gasteiger partial charge in [-0.25, -0.2) is 13.2 Å². The highest BCUT2D eigenvalue weighted by atomic mass is 32.2. The first-order chi connectivity index (χ1) is 10.00. The number of hydrogen-bond donors (Lipinski definition) is 2. The van der Waals surface area contributed by atoms with Gasteiger partial charge in [0, 0.05) is 5.92 Å². The Labute approximate surface area is 129 Å². The van der Waals surface area contributed by atoms with Crippen molar-refractivity contribution in [2.24, 2.45) is 5.92 Å². The van der Waals surface area contributed by atoms with Crippen LogP contribution in [0.5, 0.6) is 0 Å². The summed E-state index contributed by atoms with van der Waals surface area (Å²) in [6.45, 7) is 4.12. The molecule has 2 unspecified atom stereocenters. The summed E-state index contributed by atoms with van der Waals surface area (Å²) < 4.78 is 43.5. The van der Waals surface area contributed by atoms with Crippen molar-refractivity contribution < 1.29 is 27.1 Å². The van der Waals surface area contributed by atoms with Gasteiger partial charge in [-0.15, -0.1) is 0 Å². The minimum atomic E-state index is -3.75. The average Bonchev–Trinajstić information content (AvgIpc) is 3.20. The Bertz CT molecular complexity index is 582. The van der Waals surface area contributed by atoms with Crippen LogP contribution in [0.2, 0.25) is 0 Å². The van der Waals surface area contributed by atoms with E-state index >= 15 is 0 Å². The maximum Gasteiger partial charge on any atom is 0.408 e. The zero-order valence-electron chi connectivity index (χ0n) is 12.8. The Morgan fingerprint density at radius 2 is 1.91 bits per heavy atom. The Kier molecular flexibility index (Phi) is 4.14. The van der Waals surface area contributed by atoms with Gasteiger partial charge >= 0.3 is 6.09 Å². The standard InChI is InChI=1S/C13H21FN2O5S/c1-12(2,3)21-11(18)15-13(6-8(13)7-14)10(17)16-22(19,20)9-4-5-9/h8-9H,4-7H2,1-3H3,(H,15,18)(H,16,17). The van der Waals surface area contributed by atoms with Crippen LogP contribution in [0.25, 0.3) is 0 Å². The van der Waals surface area contributed by atoms with Crippen molar-refractivity contribution >= 4 is 22.0 Å². The van der Waals surface area contributed by atoms with Gasteiger partial charge in [0.25, 0.3) is 5.91 Å². The second-order valence-electron chi connectivity index (χ2n) is 6.83. The zero-order chi connectivity index (χ0) is 16.8. The first-order valence-corrected chi connectivity index (χ1v) is 8.68. The van der Waals surface area contributed by atoms with Gasteiger partial charge < -0.3 is 10.1 Å². The summed E-state index contributed by atoms with van der Waals surface area (Å²) in [5.74, 6) is -1.64. The van der Waals surface area contributed by atoms with Crippen LogP contribution in [0.1, 0.15) is 40.0 Å². The molecule has 22 heavy (non-hydrogen) atoms. The van der Waals surface area contributed by atoms with Crippen molar-refractivity contribution in [3.05, 3.63) is 0 Å². The second-order valence-corrected chi connectivity index (χ2v) is 8.79. The molecule has 7 nitrogen and oxygen atoms in total. The first-order valence-electron chi connectivity index (χ1n) is 7.13. The van der Waals surface area contributed by atoms with Crippen molar-refractivity contribution in [1.29, 1.82) is 0 Å². The van der Waals surface area contributed by atoms with E-state index in [-0.39, 0.29) is 6.42 Å². The van der Waals surface area contributed by atoms with Crippen LogP contribution < -0.4 is 10.0 Å². The molecule has 126 valence electrons. The number of amides is 2. The van der Waals surface area contributed by atoms with E-state index in [1.807, 2.05) is 4.72 Å². The summed E-state index contributed by atoms with van der Waals surface area (Å²) in [6, 6.07) is 0. The Balaban J connectivity index is 2.05. The van der Waals surface area contributed by atoms with E-state index in [0.29, 0.717) is 12.8 Å². The summed E-state index contributed by atoms with van der Waals surface area (Å²) in [6.07, 6.45) is 0.181. The topological polar surface area (TPSA) is 102 Å². The third-order valence-corrected chi connectivity index (χ3v) is 5.44. The number of sulfonamides is 1. The molecule has 2 atom stereocenters. The number of ether oxygens (including phenoxy) is 1. The Morgan fingerprint density at radius 1 is 1.32 bits per heavy atom. The number of alkyl halides is 1. The normalized spacial score (nSPS) is 27.9. The van der Waals surface area contributed by atoms with E-state index in [1.54, 1.807) is 20.8 Å². The predicted molar refractivity (Wildman–Crippen MR) is 76.3 cm³/mol. The first kappa shape index (κ1) is 17.0. The number of halogens is 1. The van der Waals surface area contributed by atoms with E-state index in [4.69, 9.17) is 4.74 Å². The number of rotatable bonds is 5. The van der Waals surface area contributed by atoms with Crippen molar-refractivity contribution in [3.63, 3.8) is 0 Å². The summed E-state index contributed by atoms with van der Waals surface area (Å²) in [5, 5.41) is 1.76. The van der Waals surface area contributed by atoms with Crippen LogP contribution in [-0.4, -0.2) is 43.5 Å². The molecular weight excluding hydrogens is 315 g/mol. The summed E-state index contributed by atoms with van der Waals surface area (Å²) in [4.78, 5) is 24.0. The lowest BCUT2D eigenvalue weighted by Crippen LogP contribution is -2.53. The van der Waals surface area contributed by atoms with E-state index < -0.39 is 51.0 Å². The number of carbonyl (C=O) groups excluding carboxylic acids is 2. The van der Waals surface area contributed by atoms with Crippen molar-refractivity contribution in [2.45, 2.75) is 56.4 Å². The van der Waals surface area contributed by atoms with Gasteiger partial charge in [-0.3, -0.25) is 13.9 Å². The van der Waals surface area contributed by atoms with E-state index in [9.17, 15) is 22.4 Å². The summed E-state index contributed by atoms with van der Waals surface area (Å²) in [7, 11) is -3.75. The monoisotopic (exact) mass is 336 g/mol. The van der Waals surface area contributed by atoms with Gasteiger partial charge in [-0.05, 0) is 40.0 Å². The lowest BCUT2D eigenvalue weighted by molar-refractivity contribution is -0.122. The molecule has 2 rings (SSSR count). The van der Waals surface area contributed by atoms with Crippen LogP contribution in [0.4, 0.5) is 9.18 Å². The number of nitrogens with one attached hydrogen (secondary N) is 2. The van der Waals surface area contributed by atoms with Crippen LogP contribution in [0, 0.1) is 5.92 Å². The average molecular weight is 336 g/mol. The van der Waals surface area contributed by atoms with Gasteiger partial charge in [-0.1, -0.05) is 0 Å². The SMILES string of the molecule is CC(C)(C)OC(=O)NC1(C(=O)NS(=O)(=O)C2CC2)CC1CF. The molecular formula is C13H21FN2O5S. The molecule has 0 aromatic heterocycles. The number of alkyl carbamates (subject to hydrolysis) is 1. The van der Waals surface area contributed by atoms with Crippen LogP contribution in [0.3, 0.4) is 0 Å².